The van der Waals surface area contributed by atoms with E-state index in [2.05, 4.69) is 57.4 Å². The van der Waals surface area contributed by atoms with Crippen LogP contribution in [0.15, 0.2) is 6.20 Å². The van der Waals surface area contributed by atoms with Gasteiger partial charge in [-0.05, 0) is 0 Å². The molecule has 1 aromatic rings. The largest absolute Gasteiger partial charge is 0.239 e. The molecule has 1 rings (SSSR count). The average molecular weight is 216 g/mol. The molecule has 2 nitrogen and oxygen atoms in total. The van der Waals surface area contributed by atoms with Crippen molar-refractivity contribution in [3.8, 4) is 12.3 Å². The molecule has 16 heavy (non-hydrogen) atoms. The zero-order valence-electron chi connectivity index (χ0n) is 11.0. The predicted octanol–water partition coefficient (Wildman–Crippen LogP) is 3.05. The molecule has 0 unspecified atom stereocenters. The Kier molecular flexibility index (Phi) is 3.10. The lowest BCUT2D eigenvalue weighted by Gasteiger charge is -2.23. The monoisotopic (exact) mass is 216 g/mol. The first-order chi connectivity index (χ1) is 7.16. The van der Waals surface area contributed by atoms with Crippen LogP contribution in [-0.4, -0.2) is 9.97 Å². The molecule has 0 atom stereocenters. The molecule has 2 heteroatoms. The molecule has 0 saturated carbocycles. The maximum absolute atomic E-state index is 5.48. The van der Waals surface area contributed by atoms with Gasteiger partial charge in [0.05, 0.1) is 11.3 Å². The zero-order valence-corrected chi connectivity index (χ0v) is 11.0. The van der Waals surface area contributed by atoms with Crippen LogP contribution in [0.1, 0.15) is 58.6 Å². The quantitative estimate of drug-likeness (QED) is 0.623. The first-order valence-electron chi connectivity index (χ1n) is 5.51. The van der Waals surface area contributed by atoms with Gasteiger partial charge >= 0.3 is 0 Å². The molecule has 0 amide bonds. The fraction of sp³-hybridized carbons (Fsp3) is 0.571. The van der Waals surface area contributed by atoms with Crippen molar-refractivity contribution in [3.05, 3.63) is 23.3 Å². The van der Waals surface area contributed by atoms with Crippen LogP contribution >= 0.6 is 0 Å². The maximum atomic E-state index is 5.48. The van der Waals surface area contributed by atoms with E-state index in [-0.39, 0.29) is 10.8 Å². The van der Waals surface area contributed by atoms with Crippen LogP contribution in [0.25, 0.3) is 0 Å². The summed E-state index contributed by atoms with van der Waals surface area (Å²) < 4.78 is 0. The van der Waals surface area contributed by atoms with Crippen molar-refractivity contribution in [1.29, 1.82) is 0 Å². The van der Waals surface area contributed by atoms with Crippen molar-refractivity contribution < 1.29 is 0 Å². The molecule has 0 saturated heterocycles. The summed E-state index contributed by atoms with van der Waals surface area (Å²) in [5.41, 5.74) is 1.65. The van der Waals surface area contributed by atoms with Crippen molar-refractivity contribution in [2.75, 3.05) is 0 Å². The van der Waals surface area contributed by atoms with E-state index in [0.717, 1.165) is 17.1 Å². The number of aromatic nitrogens is 2. The Morgan fingerprint density at radius 3 is 2.00 bits per heavy atom. The Morgan fingerprint density at radius 1 is 1.06 bits per heavy atom. The van der Waals surface area contributed by atoms with Crippen LogP contribution in [0.3, 0.4) is 0 Å². The summed E-state index contributed by atoms with van der Waals surface area (Å²) in [6.45, 7) is 12.6. The van der Waals surface area contributed by atoms with E-state index >= 15 is 0 Å². The summed E-state index contributed by atoms with van der Waals surface area (Å²) >= 11 is 0. The molecule has 0 radical (unpaired) electrons. The highest BCUT2D eigenvalue weighted by Crippen LogP contribution is 2.26. The fourth-order valence-electron chi connectivity index (χ4n) is 1.42. The molecule has 0 N–H and O–H groups in total. The van der Waals surface area contributed by atoms with Crippen LogP contribution in [-0.2, 0) is 10.8 Å². The Labute approximate surface area is 98.5 Å². The van der Waals surface area contributed by atoms with Gasteiger partial charge in [-0.3, -0.25) is 0 Å². The topological polar surface area (TPSA) is 25.8 Å². The summed E-state index contributed by atoms with van der Waals surface area (Å²) in [5, 5.41) is 0. The minimum Gasteiger partial charge on any atom is -0.239 e. The fourth-order valence-corrected chi connectivity index (χ4v) is 1.42. The van der Waals surface area contributed by atoms with Gasteiger partial charge in [0.15, 0.2) is 0 Å². The van der Waals surface area contributed by atoms with Crippen LogP contribution in [0, 0.1) is 12.3 Å². The molecule has 1 heterocycles. The molecule has 0 aliphatic heterocycles. The molecule has 0 fully saturated rings. The van der Waals surface area contributed by atoms with Crippen molar-refractivity contribution in [2.24, 2.45) is 0 Å². The molecule has 0 spiro atoms. The van der Waals surface area contributed by atoms with E-state index in [1.54, 1.807) is 6.20 Å². The average Bonchev–Trinajstić information content (AvgIpc) is 2.14. The summed E-state index contributed by atoms with van der Waals surface area (Å²) in [5.74, 6) is 3.50. The van der Waals surface area contributed by atoms with Gasteiger partial charge in [0, 0.05) is 17.0 Å². The van der Waals surface area contributed by atoms with Gasteiger partial charge in [-0.2, -0.15) is 0 Å². The number of terminal acetylenes is 1. The van der Waals surface area contributed by atoms with Gasteiger partial charge in [-0.25, -0.2) is 9.97 Å². The number of hydrogen-bond donors (Lipinski definition) is 0. The van der Waals surface area contributed by atoms with Crippen molar-refractivity contribution >= 4 is 0 Å². The molecular weight excluding hydrogens is 196 g/mol. The third kappa shape index (κ3) is 2.61. The number of rotatable bonds is 0. The molecular formula is C14H20N2. The highest BCUT2D eigenvalue weighted by Gasteiger charge is 2.24. The predicted molar refractivity (Wildman–Crippen MR) is 67.4 cm³/mol. The van der Waals surface area contributed by atoms with Crippen LogP contribution < -0.4 is 0 Å². The lowest BCUT2D eigenvalue weighted by molar-refractivity contribution is 0.512. The molecule has 0 aromatic carbocycles. The SMILES string of the molecule is C#Cc1cnc(C(C)(C)C)nc1C(C)(C)C. The van der Waals surface area contributed by atoms with Crippen molar-refractivity contribution in [2.45, 2.75) is 52.4 Å². The van der Waals surface area contributed by atoms with E-state index < -0.39 is 0 Å². The van der Waals surface area contributed by atoms with Gasteiger partial charge in [-0.15, -0.1) is 6.42 Å². The normalized spacial score (nSPS) is 12.3. The van der Waals surface area contributed by atoms with Crippen molar-refractivity contribution in [3.63, 3.8) is 0 Å². The van der Waals surface area contributed by atoms with E-state index in [9.17, 15) is 0 Å². The van der Waals surface area contributed by atoms with Crippen LogP contribution in [0.2, 0.25) is 0 Å². The Hall–Kier alpha value is -1.36. The second-order valence-electron chi connectivity index (χ2n) is 6.10. The van der Waals surface area contributed by atoms with Gasteiger partial charge in [-0.1, -0.05) is 47.5 Å². The van der Waals surface area contributed by atoms with E-state index in [1.807, 2.05) is 0 Å². The maximum Gasteiger partial charge on any atom is 0.133 e. The van der Waals surface area contributed by atoms with Gasteiger partial charge in [0.1, 0.15) is 5.82 Å². The standard InChI is InChI=1S/C14H20N2/c1-8-10-9-15-12(14(5,6)7)16-11(10)13(2,3)4/h1,9H,2-7H3. The second kappa shape index (κ2) is 3.90. The smallest absolute Gasteiger partial charge is 0.133 e. The van der Waals surface area contributed by atoms with Crippen LogP contribution in [0.4, 0.5) is 0 Å². The summed E-state index contributed by atoms with van der Waals surface area (Å²) in [6, 6.07) is 0. The summed E-state index contributed by atoms with van der Waals surface area (Å²) in [7, 11) is 0. The number of nitrogens with zero attached hydrogens (tertiary/aromatic N) is 2. The second-order valence-corrected chi connectivity index (χ2v) is 6.10. The minimum atomic E-state index is -0.0509. The summed E-state index contributed by atoms with van der Waals surface area (Å²) in [6.07, 6.45) is 7.23. The third-order valence-corrected chi connectivity index (χ3v) is 2.33. The highest BCUT2D eigenvalue weighted by atomic mass is 14.9. The first kappa shape index (κ1) is 12.7. The lowest BCUT2D eigenvalue weighted by Crippen LogP contribution is -2.22. The lowest BCUT2D eigenvalue weighted by atomic mass is 9.88. The van der Waals surface area contributed by atoms with E-state index in [0.29, 0.717) is 0 Å². The van der Waals surface area contributed by atoms with E-state index in [1.165, 1.54) is 0 Å². The number of hydrogen-bond acceptors (Lipinski definition) is 2. The van der Waals surface area contributed by atoms with E-state index in [4.69, 9.17) is 6.42 Å². The Balaban J connectivity index is 3.41. The first-order valence-corrected chi connectivity index (χ1v) is 5.51. The molecule has 0 bridgehead atoms. The molecule has 0 aliphatic rings. The highest BCUT2D eigenvalue weighted by molar-refractivity contribution is 5.38. The van der Waals surface area contributed by atoms with Crippen LogP contribution in [0.5, 0.6) is 0 Å². The summed E-state index contributed by atoms with van der Waals surface area (Å²) in [4.78, 5) is 8.97. The third-order valence-electron chi connectivity index (χ3n) is 2.33. The van der Waals surface area contributed by atoms with Gasteiger partial charge < -0.3 is 0 Å². The van der Waals surface area contributed by atoms with Gasteiger partial charge in [0.2, 0.25) is 0 Å². The Morgan fingerprint density at radius 2 is 1.62 bits per heavy atom. The molecule has 0 aliphatic carbocycles. The molecule has 1 aromatic heterocycles. The Bertz CT molecular complexity index is 426. The zero-order chi connectivity index (χ0) is 12.6. The van der Waals surface area contributed by atoms with Gasteiger partial charge in [0.25, 0.3) is 0 Å². The molecule has 86 valence electrons. The minimum absolute atomic E-state index is 0.0485. The van der Waals surface area contributed by atoms with Crippen molar-refractivity contribution in [1.82, 2.24) is 9.97 Å².